The minimum absolute atomic E-state index is 0.124. The van der Waals surface area contributed by atoms with Gasteiger partial charge in [0.25, 0.3) is 0 Å². The summed E-state index contributed by atoms with van der Waals surface area (Å²) in [4.78, 5) is 37.1. The molecule has 2 atom stereocenters. The number of aliphatic hydroxyl groups excluding tert-OH is 1. The monoisotopic (exact) mass is 453 g/mol. The third-order valence-electron chi connectivity index (χ3n) is 6.33. The second-order valence-corrected chi connectivity index (χ2v) is 8.24. The number of hydrogen-bond acceptors (Lipinski definition) is 7. The zero-order valence-electron chi connectivity index (χ0n) is 18.6. The van der Waals surface area contributed by atoms with Crippen LogP contribution in [0.5, 0.6) is 5.88 Å². The van der Waals surface area contributed by atoms with Crippen molar-refractivity contribution in [3.8, 4) is 5.88 Å². The first kappa shape index (κ1) is 22.8. The van der Waals surface area contributed by atoms with Crippen molar-refractivity contribution in [2.75, 3.05) is 20.2 Å². The molecule has 2 aliphatic rings. The van der Waals surface area contributed by atoms with Gasteiger partial charge in [-0.2, -0.15) is 0 Å². The van der Waals surface area contributed by atoms with E-state index in [-0.39, 0.29) is 18.7 Å². The van der Waals surface area contributed by atoms with E-state index in [1.54, 1.807) is 0 Å². The van der Waals surface area contributed by atoms with Crippen LogP contribution in [0, 0.1) is 0 Å². The highest BCUT2D eigenvalue weighted by Crippen LogP contribution is 2.46. The molecule has 0 saturated heterocycles. The van der Waals surface area contributed by atoms with E-state index in [0.717, 1.165) is 47.1 Å². The number of amides is 1. The summed E-state index contributed by atoms with van der Waals surface area (Å²) < 4.78 is 11.8. The lowest BCUT2D eigenvalue weighted by Crippen LogP contribution is -2.39. The Morgan fingerprint density at radius 3 is 2.73 bits per heavy atom. The summed E-state index contributed by atoms with van der Waals surface area (Å²) in [5.41, 5.74) is 8.96. The number of fused-ring (bicyclic) bond motifs is 2. The van der Waals surface area contributed by atoms with Gasteiger partial charge in [0.05, 0.1) is 18.2 Å². The third-order valence-corrected chi connectivity index (χ3v) is 6.33. The van der Waals surface area contributed by atoms with Gasteiger partial charge in [-0.1, -0.05) is 25.1 Å². The summed E-state index contributed by atoms with van der Waals surface area (Å²) in [6, 6.07) is 5.88. The molecule has 2 heterocycles. The molecule has 0 radical (unpaired) electrons. The highest BCUT2D eigenvalue weighted by molar-refractivity contribution is 6.02. The number of carbonyl (C=O) groups is 3. The van der Waals surface area contributed by atoms with Crippen molar-refractivity contribution >= 4 is 34.5 Å². The fraction of sp³-hybridized carbons (Fsp3) is 0.375. The van der Waals surface area contributed by atoms with E-state index < -0.39 is 18.0 Å². The molecule has 0 fully saturated rings. The van der Waals surface area contributed by atoms with Crippen molar-refractivity contribution in [2.45, 2.75) is 38.3 Å². The van der Waals surface area contributed by atoms with Crippen LogP contribution in [-0.4, -0.2) is 58.8 Å². The van der Waals surface area contributed by atoms with Crippen LogP contribution in [0.4, 0.5) is 4.79 Å². The molecule has 1 aromatic heterocycles. The van der Waals surface area contributed by atoms with Crippen LogP contribution in [0.15, 0.2) is 36.4 Å². The van der Waals surface area contributed by atoms with Gasteiger partial charge in [0.15, 0.2) is 0 Å². The maximum atomic E-state index is 12.6. The van der Waals surface area contributed by atoms with Crippen LogP contribution in [0.25, 0.3) is 16.5 Å². The van der Waals surface area contributed by atoms with Crippen LogP contribution in [-0.2, 0) is 20.7 Å². The van der Waals surface area contributed by atoms with Gasteiger partial charge in [-0.05, 0) is 43.5 Å². The van der Waals surface area contributed by atoms with E-state index in [1.807, 2.05) is 23.6 Å². The number of carbonyl (C=O) groups excluding carboxylic acids is 3. The Morgan fingerprint density at radius 2 is 2.03 bits per heavy atom. The van der Waals surface area contributed by atoms with Crippen molar-refractivity contribution in [2.24, 2.45) is 5.73 Å². The zero-order valence-corrected chi connectivity index (χ0v) is 18.6. The highest BCUT2D eigenvalue weighted by Gasteiger charge is 2.36. The molecule has 0 spiro atoms. The predicted octanol–water partition coefficient (Wildman–Crippen LogP) is 2.31. The molecular formula is C24H27N3O6. The number of likely N-dealkylation sites (N-methyl/N-ethyl adjacent to an activating group) is 1. The van der Waals surface area contributed by atoms with Gasteiger partial charge in [-0.25, -0.2) is 14.4 Å². The number of benzene rings is 1. The number of aromatic nitrogens is 1. The number of esters is 2. The number of hydrogen-bond donors (Lipinski definition) is 2. The van der Waals surface area contributed by atoms with Crippen LogP contribution in [0.1, 0.15) is 36.9 Å². The lowest BCUT2D eigenvalue weighted by molar-refractivity contribution is -0.133. The first-order valence-electron chi connectivity index (χ1n) is 10.9. The van der Waals surface area contributed by atoms with E-state index in [0.29, 0.717) is 18.7 Å². The lowest BCUT2D eigenvalue weighted by Gasteiger charge is -2.36. The van der Waals surface area contributed by atoms with E-state index in [2.05, 4.69) is 28.8 Å². The van der Waals surface area contributed by atoms with E-state index in [1.165, 1.54) is 5.57 Å². The Balaban J connectivity index is 1.82. The number of nitrogens with two attached hydrogens (primary N) is 1. The topological polar surface area (TPSA) is 124 Å². The summed E-state index contributed by atoms with van der Waals surface area (Å²) in [7, 11) is 2.08. The minimum atomic E-state index is -1.26. The van der Waals surface area contributed by atoms with Gasteiger partial charge < -0.3 is 24.9 Å². The highest BCUT2D eigenvalue weighted by atomic mass is 16.6. The zero-order chi connectivity index (χ0) is 23.7. The van der Waals surface area contributed by atoms with Gasteiger partial charge in [0.2, 0.25) is 5.88 Å². The molecule has 1 aliphatic carbocycles. The van der Waals surface area contributed by atoms with Gasteiger partial charge in [0, 0.05) is 35.7 Å². The number of nitrogens with zero attached hydrogens (tertiary/aromatic N) is 2. The molecule has 1 aromatic carbocycles. The first-order chi connectivity index (χ1) is 15.8. The Hall–Kier alpha value is -3.43. The van der Waals surface area contributed by atoms with Crippen molar-refractivity contribution in [1.29, 1.82) is 0 Å². The summed E-state index contributed by atoms with van der Waals surface area (Å²) in [6.07, 6.45) is 4.95. The predicted molar refractivity (Wildman–Crippen MR) is 122 cm³/mol. The molecule has 3 N–H and O–H groups in total. The van der Waals surface area contributed by atoms with Gasteiger partial charge in [-0.3, -0.25) is 4.90 Å². The normalized spacial score (nSPS) is 18.6. The maximum Gasteiger partial charge on any atom is 0.412 e. The molecule has 9 heteroatoms. The van der Waals surface area contributed by atoms with Crippen LogP contribution < -0.4 is 10.5 Å². The summed E-state index contributed by atoms with van der Waals surface area (Å²) >= 11 is 0. The van der Waals surface area contributed by atoms with Crippen LogP contribution in [0.2, 0.25) is 0 Å². The molecule has 1 aliphatic heterocycles. The molecule has 0 saturated carbocycles. The van der Waals surface area contributed by atoms with Crippen molar-refractivity contribution < 1.29 is 29.0 Å². The molecule has 33 heavy (non-hydrogen) atoms. The molecule has 9 nitrogen and oxygen atoms in total. The molecule has 174 valence electrons. The average molecular weight is 453 g/mol. The van der Waals surface area contributed by atoms with Crippen molar-refractivity contribution in [1.82, 2.24) is 9.47 Å². The fourth-order valence-corrected chi connectivity index (χ4v) is 4.82. The minimum Gasteiger partial charge on any atom is -0.406 e. The fourth-order valence-electron chi connectivity index (χ4n) is 4.82. The van der Waals surface area contributed by atoms with Crippen LogP contribution in [0.3, 0.4) is 0 Å². The lowest BCUT2D eigenvalue weighted by atomic mass is 9.82. The number of primary amides is 1. The van der Waals surface area contributed by atoms with Crippen molar-refractivity contribution in [3.05, 3.63) is 47.6 Å². The average Bonchev–Trinajstić information content (AvgIpc) is 3.08. The second-order valence-electron chi connectivity index (χ2n) is 8.24. The van der Waals surface area contributed by atoms with Gasteiger partial charge in [-0.15, -0.1) is 0 Å². The smallest absolute Gasteiger partial charge is 0.406 e. The van der Waals surface area contributed by atoms with Crippen molar-refractivity contribution in [3.63, 3.8) is 0 Å². The second kappa shape index (κ2) is 9.21. The summed E-state index contributed by atoms with van der Waals surface area (Å²) in [5, 5.41) is 11.1. The third kappa shape index (κ3) is 4.17. The van der Waals surface area contributed by atoms with Gasteiger partial charge in [0.1, 0.15) is 0 Å². The Morgan fingerprint density at radius 1 is 1.27 bits per heavy atom. The van der Waals surface area contributed by atoms with E-state index in [4.69, 9.17) is 10.5 Å². The molecular weight excluding hydrogens is 426 g/mol. The van der Waals surface area contributed by atoms with Crippen LogP contribution >= 0.6 is 0 Å². The number of ether oxygens (including phenoxy) is 2. The van der Waals surface area contributed by atoms with E-state index in [9.17, 15) is 19.5 Å². The van der Waals surface area contributed by atoms with E-state index >= 15 is 0 Å². The standard InChI is InChI=1S/C24H27N3O6/c1-3-14(13-28)27-18-8-4-6-16-15-7-5-11-26(2)19(15)12-17(22(16)18)23(27)32-20(29)9-10-21(30)33-24(25)31/h4,6-10,14,19,28H,3,5,11-13H2,1-2H3,(H2,25,31)/b10-9-/t14-,19-/m0/s1. The Labute approximate surface area is 191 Å². The van der Waals surface area contributed by atoms with Gasteiger partial charge >= 0.3 is 18.0 Å². The SMILES string of the molecule is CC[C@@H](CO)n1c(OC(=O)/C=C\C(=O)OC(N)=O)c2c3c(cccc31)C1=CCCN(C)[C@H]1C2. The molecule has 4 rings (SSSR count). The quantitative estimate of drug-likeness (QED) is 0.391. The molecule has 0 bridgehead atoms. The Kier molecular flexibility index (Phi) is 6.35. The number of rotatable bonds is 6. The molecule has 2 aromatic rings. The molecule has 1 amide bonds. The summed E-state index contributed by atoms with van der Waals surface area (Å²) in [6.45, 7) is 2.77. The maximum absolute atomic E-state index is 12.6. The molecule has 0 unspecified atom stereocenters. The largest absolute Gasteiger partial charge is 0.412 e. The Bertz CT molecular complexity index is 1170. The first-order valence-corrected chi connectivity index (χ1v) is 10.9. The number of aliphatic hydroxyl groups is 1. The summed E-state index contributed by atoms with van der Waals surface area (Å²) in [5.74, 6) is -1.51.